The van der Waals surface area contributed by atoms with Gasteiger partial charge in [-0.15, -0.1) is 0 Å². The van der Waals surface area contributed by atoms with Crippen LogP contribution in [0.4, 0.5) is 0 Å². The zero-order valence-electron chi connectivity index (χ0n) is 13.2. The van der Waals surface area contributed by atoms with E-state index in [0.717, 1.165) is 31.8 Å². The quantitative estimate of drug-likeness (QED) is 0.917. The Morgan fingerprint density at radius 2 is 2.14 bits per heavy atom. The number of amides is 1. The molecule has 1 amide bonds. The molecule has 2 aliphatic heterocycles. The maximum atomic E-state index is 12.7. The molecule has 1 aromatic carbocycles. The molecule has 22 heavy (non-hydrogen) atoms. The van der Waals surface area contributed by atoms with Crippen LogP contribution >= 0.6 is 0 Å². The molecule has 2 fully saturated rings. The van der Waals surface area contributed by atoms with E-state index >= 15 is 0 Å². The van der Waals surface area contributed by atoms with E-state index in [4.69, 9.17) is 9.47 Å². The monoisotopic (exact) mass is 304 g/mol. The molecule has 0 spiro atoms. The van der Waals surface area contributed by atoms with Crippen LogP contribution in [-0.2, 0) is 9.53 Å². The number of carbonyl (C=O) groups is 1. The van der Waals surface area contributed by atoms with Gasteiger partial charge in [0.15, 0.2) is 0 Å². The molecule has 2 aliphatic rings. The Balaban J connectivity index is 1.62. The fourth-order valence-corrected chi connectivity index (χ4v) is 3.31. The van der Waals surface area contributed by atoms with Gasteiger partial charge in [0.05, 0.1) is 19.8 Å². The summed E-state index contributed by atoms with van der Waals surface area (Å²) < 4.78 is 10.8. The van der Waals surface area contributed by atoms with Crippen LogP contribution in [0.15, 0.2) is 24.3 Å². The van der Waals surface area contributed by atoms with Gasteiger partial charge in [0, 0.05) is 25.6 Å². The Hall–Kier alpha value is -1.59. The summed E-state index contributed by atoms with van der Waals surface area (Å²) in [5.41, 5.74) is 1.28. The minimum Gasteiger partial charge on any atom is -0.497 e. The van der Waals surface area contributed by atoms with E-state index in [0.29, 0.717) is 12.5 Å². The summed E-state index contributed by atoms with van der Waals surface area (Å²) in [6, 6.07) is 7.96. The van der Waals surface area contributed by atoms with Crippen molar-refractivity contribution in [2.75, 3.05) is 33.4 Å². The molecule has 0 bridgehead atoms. The van der Waals surface area contributed by atoms with Gasteiger partial charge < -0.3 is 19.7 Å². The average molecular weight is 304 g/mol. The van der Waals surface area contributed by atoms with Crippen molar-refractivity contribution >= 4 is 5.91 Å². The van der Waals surface area contributed by atoms with Crippen molar-refractivity contribution in [3.05, 3.63) is 29.8 Å². The molecule has 0 saturated carbocycles. The number of rotatable bonds is 3. The second-order valence-corrected chi connectivity index (χ2v) is 6.05. The number of nitrogens with zero attached hydrogens (tertiary/aromatic N) is 1. The molecule has 1 unspecified atom stereocenters. The van der Waals surface area contributed by atoms with Gasteiger partial charge in [-0.3, -0.25) is 4.79 Å². The molecular formula is C17H24N2O3. The van der Waals surface area contributed by atoms with Crippen molar-refractivity contribution in [3.63, 3.8) is 0 Å². The Morgan fingerprint density at radius 3 is 2.82 bits per heavy atom. The average Bonchev–Trinajstić information content (AvgIpc) is 3.05. The molecule has 120 valence electrons. The first kappa shape index (κ1) is 15.3. The first-order valence-corrected chi connectivity index (χ1v) is 7.97. The maximum absolute atomic E-state index is 12.7. The van der Waals surface area contributed by atoms with Gasteiger partial charge in [-0.1, -0.05) is 12.1 Å². The SMILES string of the molecule is COc1ccc(C2CCN(C(=O)[C@H]3NCCO[C@@H]3C)C2)cc1. The van der Waals surface area contributed by atoms with Gasteiger partial charge in [0.1, 0.15) is 11.8 Å². The molecule has 5 heteroatoms. The number of likely N-dealkylation sites (tertiary alicyclic amines) is 1. The van der Waals surface area contributed by atoms with Crippen LogP contribution in [0.2, 0.25) is 0 Å². The number of methoxy groups -OCH3 is 1. The van der Waals surface area contributed by atoms with Crippen LogP contribution < -0.4 is 10.1 Å². The fourth-order valence-electron chi connectivity index (χ4n) is 3.31. The van der Waals surface area contributed by atoms with Crippen molar-refractivity contribution in [1.29, 1.82) is 0 Å². The van der Waals surface area contributed by atoms with E-state index in [1.807, 2.05) is 24.0 Å². The summed E-state index contributed by atoms with van der Waals surface area (Å²) in [7, 11) is 1.67. The number of benzene rings is 1. The van der Waals surface area contributed by atoms with Crippen molar-refractivity contribution < 1.29 is 14.3 Å². The minimum atomic E-state index is -0.205. The third-order valence-electron chi connectivity index (χ3n) is 4.67. The maximum Gasteiger partial charge on any atom is 0.242 e. The van der Waals surface area contributed by atoms with Gasteiger partial charge >= 0.3 is 0 Å². The molecule has 2 saturated heterocycles. The summed E-state index contributed by atoms with van der Waals surface area (Å²) >= 11 is 0. The predicted molar refractivity (Wildman–Crippen MR) is 84.1 cm³/mol. The van der Waals surface area contributed by atoms with Gasteiger partial charge in [0.2, 0.25) is 5.91 Å². The molecule has 0 aromatic heterocycles. The first-order valence-electron chi connectivity index (χ1n) is 7.97. The lowest BCUT2D eigenvalue weighted by Gasteiger charge is -2.32. The summed E-state index contributed by atoms with van der Waals surface area (Å²) in [6.07, 6.45) is 0.960. The van der Waals surface area contributed by atoms with Crippen LogP contribution in [-0.4, -0.2) is 56.3 Å². The Morgan fingerprint density at radius 1 is 1.36 bits per heavy atom. The molecule has 0 aliphatic carbocycles. The molecular weight excluding hydrogens is 280 g/mol. The van der Waals surface area contributed by atoms with E-state index in [-0.39, 0.29) is 18.1 Å². The lowest BCUT2D eigenvalue weighted by molar-refractivity contribution is -0.138. The van der Waals surface area contributed by atoms with Gasteiger partial charge in [-0.05, 0) is 31.0 Å². The van der Waals surface area contributed by atoms with Crippen LogP contribution in [0.1, 0.15) is 24.8 Å². The van der Waals surface area contributed by atoms with Crippen LogP contribution in [0, 0.1) is 0 Å². The second-order valence-electron chi connectivity index (χ2n) is 6.05. The van der Waals surface area contributed by atoms with Crippen molar-refractivity contribution in [2.24, 2.45) is 0 Å². The topological polar surface area (TPSA) is 50.8 Å². The Kier molecular flexibility index (Phi) is 4.64. The summed E-state index contributed by atoms with van der Waals surface area (Å²) in [6.45, 7) is 5.00. The third-order valence-corrected chi connectivity index (χ3v) is 4.67. The number of carbonyl (C=O) groups excluding carboxylic acids is 1. The highest BCUT2D eigenvalue weighted by Crippen LogP contribution is 2.29. The minimum absolute atomic E-state index is 0.0544. The van der Waals surface area contributed by atoms with E-state index in [2.05, 4.69) is 17.4 Å². The largest absolute Gasteiger partial charge is 0.497 e. The molecule has 5 nitrogen and oxygen atoms in total. The molecule has 0 radical (unpaired) electrons. The Bertz CT molecular complexity index is 517. The normalized spacial score (nSPS) is 28.6. The molecule has 1 N–H and O–H groups in total. The number of morpholine rings is 1. The number of hydrogen-bond donors (Lipinski definition) is 1. The molecule has 3 atom stereocenters. The smallest absolute Gasteiger partial charge is 0.242 e. The van der Waals surface area contributed by atoms with Crippen molar-refractivity contribution in [1.82, 2.24) is 10.2 Å². The summed E-state index contributed by atoms with van der Waals surface area (Å²) in [5, 5.41) is 3.28. The molecule has 2 heterocycles. The highest BCUT2D eigenvalue weighted by Gasteiger charge is 2.35. The summed E-state index contributed by atoms with van der Waals surface area (Å²) in [5.74, 6) is 1.45. The van der Waals surface area contributed by atoms with E-state index < -0.39 is 0 Å². The van der Waals surface area contributed by atoms with Crippen LogP contribution in [0.25, 0.3) is 0 Å². The van der Waals surface area contributed by atoms with Gasteiger partial charge in [-0.2, -0.15) is 0 Å². The van der Waals surface area contributed by atoms with Crippen LogP contribution in [0.5, 0.6) is 5.75 Å². The van der Waals surface area contributed by atoms with E-state index in [1.165, 1.54) is 5.56 Å². The van der Waals surface area contributed by atoms with Gasteiger partial charge in [-0.25, -0.2) is 0 Å². The number of nitrogens with one attached hydrogen (secondary N) is 1. The predicted octanol–water partition coefficient (Wildman–Crippen LogP) is 1.39. The number of ether oxygens (including phenoxy) is 2. The zero-order chi connectivity index (χ0) is 15.5. The highest BCUT2D eigenvalue weighted by molar-refractivity contribution is 5.83. The van der Waals surface area contributed by atoms with Gasteiger partial charge in [0.25, 0.3) is 0 Å². The summed E-state index contributed by atoms with van der Waals surface area (Å²) in [4.78, 5) is 14.6. The fraction of sp³-hybridized carbons (Fsp3) is 0.588. The lowest BCUT2D eigenvalue weighted by atomic mass is 9.98. The standard InChI is InChI=1S/C17H24N2O3/c1-12-16(18-8-10-22-12)17(20)19-9-7-14(11-19)13-3-5-15(21-2)6-4-13/h3-6,12,14,16,18H,7-11H2,1-2H3/t12-,14?,16+/m1/s1. The van der Waals surface area contributed by atoms with Crippen molar-refractivity contribution in [2.45, 2.75) is 31.4 Å². The highest BCUT2D eigenvalue weighted by atomic mass is 16.5. The second kappa shape index (κ2) is 6.67. The third kappa shape index (κ3) is 3.10. The molecule has 1 aromatic rings. The van der Waals surface area contributed by atoms with Crippen LogP contribution in [0.3, 0.4) is 0 Å². The zero-order valence-corrected chi connectivity index (χ0v) is 13.2. The van der Waals surface area contributed by atoms with E-state index in [9.17, 15) is 4.79 Å². The lowest BCUT2D eigenvalue weighted by Crippen LogP contribution is -2.56. The number of hydrogen-bond acceptors (Lipinski definition) is 4. The van der Waals surface area contributed by atoms with Crippen molar-refractivity contribution in [3.8, 4) is 5.75 Å². The van der Waals surface area contributed by atoms with E-state index in [1.54, 1.807) is 7.11 Å². The first-order chi connectivity index (χ1) is 10.7. The molecule has 3 rings (SSSR count). The Labute approximate surface area is 131 Å².